The molecule has 1 aliphatic carbocycles. The molecule has 0 aromatic heterocycles. The molecule has 1 fully saturated rings. The predicted octanol–water partition coefficient (Wildman–Crippen LogP) is 6.53. The fourth-order valence-corrected chi connectivity index (χ4v) is 4.69. The number of rotatable bonds is 7. The number of aliphatic hydroxyl groups is 1. The second kappa shape index (κ2) is 10.6. The zero-order valence-corrected chi connectivity index (χ0v) is 20.3. The molecule has 0 saturated heterocycles. The molecule has 0 heterocycles. The van der Waals surface area contributed by atoms with Gasteiger partial charge in [0.25, 0.3) is 0 Å². The van der Waals surface area contributed by atoms with Crippen LogP contribution in [0.5, 0.6) is 5.75 Å². The molecule has 168 valence electrons. The van der Waals surface area contributed by atoms with Gasteiger partial charge in [0, 0.05) is 10.0 Å². The monoisotopic (exact) mass is 488 g/mol. The normalized spacial score (nSPS) is 16.0. The lowest BCUT2D eigenvalue weighted by atomic mass is 9.82. The van der Waals surface area contributed by atoms with E-state index in [9.17, 15) is 9.90 Å². The van der Waals surface area contributed by atoms with E-state index >= 15 is 0 Å². The summed E-state index contributed by atoms with van der Waals surface area (Å²) < 4.78 is 12.5. The van der Waals surface area contributed by atoms with Gasteiger partial charge in [0.2, 0.25) is 0 Å². The van der Waals surface area contributed by atoms with E-state index in [4.69, 9.17) is 9.47 Å². The van der Waals surface area contributed by atoms with Crippen molar-refractivity contribution < 1.29 is 19.4 Å². The van der Waals surface area contributed by atoms with Crippen LogP contribution in [0.3, 0.4) is 0 Å². The van der Waals surface area contributed by atoms with Crippen LogP contribution >= 0.6 is 15.9 Å². The van der Waals surface area contributed by atoms with Crippen molar-refractivity contribution in [2.75, 3.05) is 0 Å². The topological polar surface area (TPSA) is 55.8 Å². The number of hydrogen-bond acceptors (Lipinski definition) is 4. The van der Waals surface area contributed by atoms with Gasteiger partial charge in [-0.05, 0) is 74.9 Å². The number of benzene rings is 2. The number of carbonyl (C=O) groups is 1. The van der Waals surface area contributed by atoms with Crippen LogP contribution in [0.2, 0.25) is 0 Å². The van der Waals surface area contributed by atoms with Crippen molar-refractivity contribution in [1.82, 2.24) is 0 Å². The third kappa shape index (κ3) is 7.36. The first-order valence-corrected chi connectivity index (χ1v) is 11.9. The average molecular weight is 489 g/mol. The van der Waals surface area contributed by atoms with Gasteiger partial charge in [0.1, 0.15) is 18.0 Å². The van der Waals surface area contributed by atoms with E-state index in [0.717, 1.165) is 34.0 Å². The van der Waals surface area contributed by atoms with Gasteiger partial charge in [0.15, 0.2) is 0 Å². The Morgan fingerprint density at radius 2 is 1.84 bits per heavy atom. The minimum absolute atomic E-state index is 0.164. The second-order valence-electron chi connectivity index (χ2n) is 9.40. The largest absolute Gasteiger partial charge is 0.489 e. The van der Waals surface area contributed by atoms with E-state index in [1.165, 1.54) is 19.3 Å². The van der Waals surface area contributed by atoms with Gasteiger partial charge < -0.3 is 14.6 Å². The maximum Gasteiger partial charge on any atom is 0.310 e. The molecule has 5 heteroatoms. The Labute approximate surface area is 194 Å². The Kier molecular flexibility index (Phi) is 8.17. The van der Waals surface area contributed by atoms with Crippen molar-refractivity contribution >= 4 is 21.9 Å². The Balaban J connectivity index is 1.69. The first-order valence-electron chi connectivity index (χ1n) is 11.1. The summed E-state index contributed by atoms with van der Waals surface area (Å²) in [6.45, 7) is 5.94. The van der Waals surface area contributed by atoms with Gasteiger partial charge in [-0.15, -0.1) is 0 Å². The number of halogens is 1. The molecule has 4 nitrogen and oxygen atoms in total. The maximum absolute atomic E-state index is 12.3. The summed E-state index contributed by atoms with van der Waals surface area (Å²) in [5.41, 5.74) is 2.20. The third-order valence-electron chi connectivity index (χ3n) is 5.54. The summed E-state index contributed by atoms with van der Waals surface area (Å²) in [5, 5.41) is 10.9. The van der Waals surface area contributed by atoms with E-state index < -0.39 is 11.7 Å². The summed E-state index contributed by atoms with van der Waals surface area (Å²) in [4.78, 5) is 12.3. The number of ether oxygens (including phenoxy) is 2. The smallest absolute Gasteiger partial charge is 0.310 e. The van der Waals surface area contributed by atoms with Crippen LogP contribution in [-0.4, -0.2) is 16.7 Å². The molecule has 31 heavy (non-hydrogen) atoms. The maximum atomic E-state index is 12.3. The number of carbonyl (C=O) groups excluding carboxylic acids is 1. The Hall–Kier alpha value is -1.85. The minimum Gasteiger partial charge on any atom is -0.489 e. The average Bonchev–Trinajstić information content (AvgIpc) is 2.71. The van der Waals surface area contributed by atoms with Crippen LogP contribution in [0.1, 0.15) is 75.7 Å². The van der Waals surface area contributed by atoms with Crippen molar-refractivity contribution in [2.45, 2.75) is 77.6 Å². The molecule has 0 radical (unpaired) electrons. The van der Waals surface area contributed by atoms with Crippen LogP contribution in [0.4, 0.5) is 0 Å². The van der Waals surface area contributed by atoms with Crippen LogP contribution in [0, 0.1) is 5.92 Å². The molecule has 1 N–H and O–H groups in total. The molecule has 2 aromatic rings. The van der Waals surface area contributed by atoms with Crippen LogP contribution in [-0.2, 0) is 22.6 Å². The summed E-state index contributed by atoms with van der Waals surface area (Å²) in [6, 6.07) is 13.6. The SMILES string of the molecule is CC(C)(C)OC(=O)Cc1ccccc1OCc1cc(Br)cc(C(O)C2CCCCC2)c1. The molecule has 0 aliphatic heterocycles. The molecule has 2 aromatic carbocycles. The Morgan fingerprint density at radius 1 is 1.13 bits per heavy atom. The van der Waals surface area contributed by atoms with Crippen LogP contribution < -0.4 is 4.74 Å². The van der Waals surface area contributed by atoms with Crippen molar-refractivity contribution in [3.63, 3.8) is 0 Å². The van der Waals surface area contributed by atoms with Gasteiger partial charge in [-0.1, -0.05) is 53.4 Å². The Morgan fingerprint density at radius 3 is 2.55 bits per heavy atom. The third-order valence-corrected chi connectivity index (χ3v) is 6.00. The van der Waals surface area contributed by atoms with Crippen molar-refractivity contribution in [3.05, 3.63) is 63.6 Å². The van der Waals surface area contributed by atoms with Gasteiger partial charge in [-0.25, -0.2) is 0 Å². The van der Waals surface area contributed by atoms with E-state index in [1.807, 2.05) is 63.2 Å². The van der Waals surface area contributed by atoms with Crippen molar-refractivity contribution in [2.24, 2.45) is 5.92 Å². The van der Waals surface area contributed by atoms with Gasteiger partial charge in [-0.2, -0.15) is 0 Å². The molecule has 1 aliphatic rings. The minimum atomic E-state index is -0.515. The van der Waals surface area contributed by atoms with Gasteiger partial charge in [0.05, 0.1) is 12.5 Å². The highest BCUT2D eigenvalue weighted by Gasteiger charge is 2.24. The summed E-state index contributed by atoms with van der Waals surface area (Å²) in [5.74, 6) is 0.720. The lowest BCUT2D eigenvalue weighted by Crippen LogP contribution is -2.25. The molecule has 0 amide bonds. The molecular weight excluding hydrogens is 456 g/mol. The number of esters is 1. The molecule has 0 spiro atoms. The number of hydrogen-bond donors (Lipinski definition) is 1. The number of aliphatic hydroxyl groups excluding tert-OH is 1. The van der Waals surface area contributed by atoms with E-state index in [-0.39, 0.29) is 12.4 Å². The van der Waals surface area contributed by atoms with Crippen molar-refractivity contribution in [3.8, 4) is 5.75 Å². The molecular formula is C26H33BrO4. The van der Waals surface area contributed by atoms with E-state index in [0.29, 0.717) is 18.3 Å². The molecule has 0 bridgehead atoms. The standard InChI is InChI=1S/C26H33BrO4/c1-26(2,3)31-24(28)16-20-11-7-8-12-23(20)30-17-18-13-21(15-22(27)14-18)25(29)19-9-5-4-6-10-19/h7-8,11-15,19,25,29H,4-6,9-10,16-17H2,1-3H3. The summed E-state index contributed by atoms with van der Waals surface area (Å²) >= 11 is 3.58. The van der Waals surface area contributed by atoms with Crippen LogP contribution in [0.15, 0.2) is 46.9 Å². The highest BCUT2D eigenvalue weighted by Crippen LogP contribution is 2.35. The zero-order chi connectivity index (χ0) is 22.4. The predicted molar refractivity (Wildman–Crippen MR) is 126 cm³/mol. The zero-order valence-electron chi connectivity index (χ0n) is 18.7. The molecule has 1 unspecified atom stereocenters. The highest BCUT2D eigenvalue weighted by atomic mass is 79.9. The first kappa shape index (κ1) is 23.8. The lowest BCUT2D eigenvalue weighted by Gasteiger charge is -2.27. The Bertz CT molecular complexity index is 881. The highest BCUT2D eigenvalue weighted by molar-refractivity contribution is 9.10. The first-order chi connectivity index (χ1) is 14.7. The van der Waals surface area contributed by atoms with Crippen molar-refractivity contribution in [1.29, 1.82) is 0 Å². The van der Waals surface area contributed by atoms with Gasteiger partial charge in [-0.3, -0.25) is 4.79 Å². The second-order valence-corrected chi connectivity index (χ2v) is 10.3. The van der Waals surface area contributed by atoms with E-state index in [2.05, 4.69) is 15.9 Å². The quantitative estimate of drug-likeness (QED) is 0.450. The number of para-hydroxylation sites is 1. The molecule has 1 saturated carbocycles. The fraction of sp³-hybridized carbons (Fsp3) is 0.500. The van der Waals surface area contributed by atoms with E-state index in [1.54, 1.807) is 0 Å². The molecule has 1 atom stereocenters. The summed E-state index contributed by atoms with van der Waals surface area (Å²) in [7, 11) is 0. The lowest BCUT2D eigenvalue weighted by molar-refractivity contribution is -0.153. The molecule has 3 rings (SSSR count). The van der Waals surface area contributed by atoms with Gasteiger partial charge >= 0.3 is 5.97 Å². The summed E-state index contributed by atoms with van der Waals surface area (Å²) in [6.07, 6.45) is 5.53. The van der Waals surface area contributed by atoms with Crippen LogP contribution in [0.25, 0.3) is 0 Å². The fourth-order valence-electron chi connectivity index (χ4n) is 4.14.